The Morgan fingerprint density at radius 2 is 1.31 bits per heavy atom. The molecule has 0 radical (unpaired) electrons. The topological polar surface area (TPSA) is 182 Å². The number of hydrogen-bond donors (Lipinski definition) is 4. The molecule has 0 spiro atoms. The number of carbonyl (C=O) groups is 6. The van der Waals surface area contributed by atoms with Crippen LogP contribution in [0, 0.1) is 0 Å². The number of fused-ring (bicyclic) bond motifs is 3. The van der Waals surface area contributed by atoms with Gasteiger partial charge in [0.1, 0.15) is 36.3 Å². The number of halogens is 2. The number of amides is 5. The highest BCUT2D eigenvalue weighted by atomic mass is 79.9. The largest absolute Gasteiger partial charge is 0.496 e. The molecular formula is C54H58Br2N8O8. The van der Waals surface area contributed by atoms with Crippen molar-refractivity contribution in [2.75, 3.05) is 68.1 Å². The van der Waals surface area contributed by atoms with Crippen LogP contribution in [0.15, 0.2) is 118 Å². The second-order valence-corrected chi connectivity index (χ2v) is 19.3. The monoisotopic (exact) mass is 1100 g/mol. The Balaban J connectivity index is 1.29. The Morgan fingerprint density at radius 1 is 0.750 bits per heavy atom. The molecule has 72 heavy (non-hydrogen) atoms. The third kappa shape index (κ3) is 11.6. The number of nitrogens with one attached hydrogen (secondary N) is 4. The standard InChI is InChI=1S/C54H58Br2N8O8/c1-32(57-3)52(68)59-38(31-65)27-62(45-13-9-8-12-44(45)61(5)28-41-39-20-18-36(55)24-34(39)16-22-48(41)71-6)50(66)26-51(67)63-30-43(60-53(69)33(2)58-4)54(70)64(47-15-11-10-14-46(47)63)29-42-40-21-19-37(56)25-35(40)17-23-49(42)72-7/h8-25,31-33,38,43,57-58H,26-30H2,1-7H3,(H,59,68)(H,60,69)/t32?,33-,38?,43?/m0/s1. The number of anilines is 4. The Labute approximate surface area is 435 Å². The minimum absolute atomic E-state index is 0.00183. The van der Waals surface area contributed by atoms with Gasteiger partial charge in [-0.05, 0) is 110 Å². The SMILES string of the molecule is CNC(C)C(=O)NC(C=O)CN(C(=O)CC(=O)N1CC(NC(=O)[C@H](C)NC)C(=O)N(Cc2c(OC)ccc3cc(Br)ccc23)c2ccccc21)c1ccccc1N(C)Cc1c(OC)ccc2cc(Br)ccc12. The second-order valence-electron chi connectivity index (χ2n) is 17.5. The summed E-state index contributed by atoms with van der Waals surface area (Å²) in [5.41, 5.74) is 3.20. The van der Waals surface area contributed by atoms with E-state index >= 15 is 14.4 Å². The van der Waals surface area contributed by atoms with Crippen molar-refractivity contribution in [3.8, 4) is 11.5 Å². The first-order valence-electron chi connectivity index (χ1n) is 23.3. The van der Waals surface area contributed by atoms with Crippen molar-refractivity contribution in [1.29, 1.82) is 0 Å². The molecular weight excluding hydrogens is 1050 g/mol. The highest BCUT2D eigenvalue weighted by Gasteiger charge is 2.39. The molecule has 6 aromatic rings. The molecule has 1 aliphatic heterocycles. The van der Waals surface area contributed by atoms with Gasteiger partial charge in [-0.15, -0.1) is 0 Å². The number of likely N-dealkylation sites (N-methyl/N-ethyl adjacent to an activating group) is 2. The van der Waals surface area contributed by atoms with Gasteiger partial charge in [-0.1, -0.05) is 80.4 Å². The van der Waals surface area contributed by atoms with E-state index in [9.17, 15) is 14.4 Å². The molecule has 4 N–H and O–H groups in total. The molecule has 0 aliphatic carbocycles. The molecule has 1 aliphatic rings. The normalized spacial score (nSPS) is 14.7. The molecule has 0 aromatic heterocycles. The van der Waals surface area contributed by atoms with Crippen molar-refractivity contribution < 1.29 is 38.2 Å². The van der Waals surface area contributed by atoms with E-state index in [0.29, 0.717) is 52.6 Å². The van der Waals surface area contributed by atoms with Gasteiger partial charge in [0.15, 0.2) is 0 Å². The number of methoxy groups -OCH3 is 2. The minimum Gasteiger partial charge on any atom is -0.496 e. The summed E-state index contributed by atoms with van der Waals surface area (Å²) in [7, 11) is 8.26. The van der Waals surface area contributed by atoms with Crippen LogP contribution in [-0.2, 0) is 41.9 Å². The highest BCUT2D eigenvalue weighted by molar-refractivity contribution is 9.10. The summed E-state index contributed by atoms with van der Waals surface area (Å²) in [5.74, 6) is -1.64. The van der Waals surface area contributed by atoms with Crippen molar-refractivity contribution in [2.24, 2.45) is 0 Å². The highest BCUT2D eigenvalue weighted by Crippen LogP contribution is 2.39. The molecule has 0 bridgehead atoms. The fourth-order valence-corrected chi connectivity index (χ4v) is 9.59. The number of para-hydroxylation sites is 4. The summed E-state index contributed by atoms with van der Waals surface area (Å²) in [4.78, 5) is 91.1. The Morgan fingerprint density at radius 3 is 1.90 bits per heavy atom. The fourth-order valence-electron chi connectivity index (χ4n) is 8.83. The van der Waals surface area contributed by atoms with Gasteiger partial charge in [-0.2, -0.15) is 0 Å². The van der Waals surface area contributed by atoms with Crippen LogP contribution in [0.4, 0.5) is 22.7 Å². The van der Waals surface area contributed by atoms with Crippen molar-refractivity contribution >= 4 is 112 Å². The summed E-state index contributed by atoms with van der Waals surface area (Å²) in [5, 5.41) is 15.1. The first kappa shape index (κ1) is 53.0. The van der Waals surface area contributed by atoms with Crippen LogP contribution < -0.4 is 50.3 Å². The van der Waals surface area contributed by atoms with Crippen molar-refractivity contribution in [3.05, 3.63) is 129 Å². The van der Waals surface area contributed by atoms with Gasteiger partial charge in [0, 0.05) is 33.7 Å². The molecule has 3 unspecified atom stereocenters. The van der Waals surface area contributed by atoms with Crippen molar-refractivity contribution in [2.45, 2.75) is 57.5 Å². The van der Waals surface area contributed by atoms with Crippen LogP contribution in [-0.4, -0.2) is 108 Å². The average molecular weight is 1110 g/mol. The number of aldehydes is 1. The van der Waals surface area contributed by atoms with E-state index in [4.69, 9.17) is 9.47 Å². The summed E-state index contributed by atoms with van der Waals surface area (Å²) >= 11 is 7.13. The third-order valence-electron chi connectivity index (χ3n) is 13.0. The van der Waals surface area contributed by atoms with Crippen LogP contribution in [0.1, 0.15) is 31.4 Å². The third-order valence-corrected chi connectivity index (χ3v) is 14.0. The molecule has 16 nitrogen and oxygen atoms in total. The van der Waals surface area contributed by atoms with Crippen molar-refractivity contribution in [1.82, 2.24) is 21.3 Å². The van der Waals surface area contributed by atoms with Gasteiger partial charge in [0.05, 0.1) is 68.7 Å². The molecule has 6 aromatic carbocycles. The molecule has 18 heteroatoms. The van der Waals surface area contributed by atoms with Gasteiger partial charge in [0.2, 0.25) is 23.6 Å². The van der Waals surface area contributed by atoms with Crippen LogP contribution in [0.3, 0.4) is 0 Å². The van der Waals surface area contributed by atoms with Gasteiger partial charge in [0.25, 0.3) is 5.91 Å². The fraction of sp³-hybridized carbons (Fsp3) is 0.296. The molecule has 0 saturated carbocycles. The zero-order valence-corrected chi connectivity index (χ0v) is 44.3. The lowest BCUT2D eigenvalue weighted by atomic mass is 10.0. The number of ether oxygens (including phenoxy) is 2. The summed E-state index contributed by atoms with van der Waals surface area (Å²) in [6, 6.07) is 29.6. The van der Waals surface area contributed by atoms with Crippen LogP contribution in [0.2, 0.25) is 0 Å². The lowest BCUT2D eigenvalue weighted by molar-refractivity contribution is -0.129. The lowest BCUT2D eigenvalue weighted by Gasteiger charge is -2.32. The number of benzene rings is 6. The molecule has 5 amide bonds. The summed E-state index contributed by atoms with van der Waals surface area (Å²) in [6.45, 7) is 2.96. The first-order valence-corrected chi connectivity index (χ1v) is 24.9. The number of carbonyl (C=O) groups excluding carboxylic acids is 6. The Kier molecular flexibility index (Phi) is 17.3. The maximum Gasteiger partial charge on any atom is 0.251 e. The molecule has 0 saturated heterocycles. The molecule has 1 heterocycles. The summed E-state index contributed by atoms with van der Waals surface area (Å²) < 4.78 is 13.5. The van der Waals surface area contributed by atoms with Crippen LogP contribution in [0.5, 0.6) is 11.5 Å². The smallest absolute Gasteiger partial charge is 0.251 e. The second kappa shape index (κ2) is 23.6. The van der Waals surface area contributed by atoms with Crippen LogP contribution >= 0.6 is 31.9 Å². The van der Waals surface area contributed by atoms with E-state index in [-0.39, 0.29) is 19.6 Å². The summed E-state index contributed by atoms with van der Waals surface area (Å²) in [6.07, 6.45) is -0.180. The van der Waals surface area contributed by atoms with Gasteiger partial charge < -0.3 is 55.1 Å². The number of rotatable bonds is 19. The predicted molar refractivity (Wildman–Crippen MR) is 289 cm³/mol. The Bertz CT molecular complexity index is 3030. The maximum atomic E-state index is 15.2. The molecule has 7 rings (SSSR count). The van der Waals surface area contributed by atoms with E-state index in [1.54, 1.807) is 78.6 Å². The molecule has 0 fully saturated rings. The van der Waals surface area contributed by atoms with Crippen molar-refractivity contribution in [3.63, 3.8) is 0 Å². The van der Waals surface area contributed by atoms with E-state index in [1.807, 2.05) is 84.7 Å². The number of nitrogens with zero attached hydrogens (tertiary/aromatic N) is 4. The van der Waals surface area contributed by atoms with E-state index in [0.717, 1.165) is 36.1 Å². The minimum atomic E-state index is -1.27. The van der Waals surface area contributed by atoms with E-state index in [2.05, 4.69) is 53.1 Å². The maximum absolute atomic E-state index is 15.2. The van der Waals surface area contributed by atoms with E-state index < -0.39 is 60.1 Å². The number of hydrogen-bond acceptors (Lipinski definition) is 11. The average Bonchev–Trinajstić information content (AvgIpc) is 3.49. The van der Waals surface area contributed by atoms with Crippen LogP contribution in [0.25, 0.3) is 21.5 Å². The molecule has 376 valence electrons. The van der Waals surface area contributed by atoms with Gasteiger partial charge >= 0.3 is 0 Å². The predicted octanol–water partition coefficient (Wildman–Crippen LogP) is 6.86. The zero-order chi connectivity index (χ0) is 51.8. The van der Waals surface area contributed by atoms with Gasteiger partial charge in [-0.3, -0.25) is 24.0 Å². The Hall–Kier alpha value is -6.86. The molecule has 4 atom stereocenters. The van der Waals surface area contributed by atoms with E-state index in [1.165, 1.54) is 14.7 Å². The zero-order valence-electron chi connectivity index (χ0n) is 41.1. The lowest BCUT2D eigenvalue weighted by Crippen LogP contribution is -2.56. The quantitative estimate of drug-likeness (QED) is 0.0492. The first-order chi connectivity index (χ1) is 34.6. The van der Waals surface area contributed by atoms with Gasteiger partial charge in [-0.25, -0.2) is 0 Å².